The van der Waals surface area contributed by atoms with Crippen LogP contribution in [0, 0.1) is 6.07 Å². The first-order chi connectivity index (χ1) is 7.75. The molecule has 2 N–H and O–H groups in total. The van der Waals surface area contributed by atoms with Crippen molar-refractivity contribution in [1.29, 1.82) is 0 Å². The molecular formula is C14H12NO. The molecule has 2 heteroatoms. The standard InChI is InChI=1S/C14H12NO/c15-14(16)10-11-6-8-13(9-7-11)12-4-2-1-3-5-12/h1-4,6-9H,10H2,(H2,15,16). The van der Waals surface area contributed by atoms with Gasteiger partial charge in [0, 0.05) is 0 Å². The zero-order chi connectivity index (χ0) is 11.4. The van der Waals surface area contributed by atoms with Crippen LogP contribution in [0.25, 0.3) is 11.1 Å². The van der Waals surface area contributed by atoms with E-state index >= 15 is 0 Å². The summed E-state index contributed by atoms with van der Waals surface area (Å²) in [6, 6.07) is 18.7. The van der Waals surface area contributed by atoms with Crippen molar-refractivity contribution < 1.29 is 4.79 Å². The minimum absolute atomic E-state index is 0.290. The minimum Gasteiger partial charge on any atom is -0.369 e. The fourth-order valence-corrected chi connectivity index (χ4v) is 1.58. The summed E-state index contributed by atoms with van der Waals surface area (Å²) in [6.07, 6.45) is 0.290. The number of hydrogen-bond acceptors (Lipinski definition) is 1. The molecule has 0 aromatic heterocycles. The number of primary amides is 1. The van der Waals surface area contributed by atoms with Gasteiger partial charge in [0.25, 0.3) is 0 Å². The highest BCUT2D eigenvalue weighted by Gasteiger charge is 2.00. The van der Waals surface area contributed by atoms with Gasteiger partial charge in [0.05, 0.1) is 6.42 Å². The van der Waals surface area contributed by atoms with Gasteiger partial charge < -0.3 is 5.73 Å². The van der Waals surface area contributed by atoms with Crippen LogP contribution in [0.5, 0.6) is 0 Å². The molecule has 1 radical (unpaired) electrons. The van der Waals surface area contributed by atoms with Crippen molar-refractivity contribution >= 4 is 5.91 Å². The SMILES string of the molecule is NC(=O)Cc1ccc(-c2[c]cccc2)cc1. The number of nitrogens with two attached hydrogens (primary N) is 1. The molecule has 1 amide bonds. The van der Waals surface area contributed by atoms with Crippen molar-refractivity contribution in [3.63, 3.8) is 0 Å². The van der Waals surface area contributed by atoms with Gasteiger partial charge in [0.15, 0.2) is 0 Å². The number of carbonyl (C=O) groups is 1. The number of benzene rings is 2. The topological polar surface area (TPSA) is 43.1 Å². The Hall–Kier alpha value is -2.09. The molecule has 0 heterocycles. The quantitative estimate of drug-likeness (QED) is 0.829. The lowest BCUT2D eigenvalue weighted by atomic mass is 10.0. The van der Waals surface area contributed by atoms with Gasteiger partial charge in [-0.1, -0.05) is 48.5 Å². The van der Waals surface area contributed by atoms with E-state index in [0.717, 1.165) is 16.7 Å². The third kappa shape index (κ3) is 2.48. The molecule has 79 valence electrons. The fraction of sp³-hybridized carbons (Fsp3) is 0.0714. The Morgan fingerprint density at radius 3 is 2.44 bits per heavy atom. The van der Waals surface area contributed by atoms with E-state index < -0.39 is 0 Å². The van der Waals surface area contributed by atoms with Gasteiger partial charge in [0.2, 0.25) is 5.91 Å². The van der Waals surface area contributed by atoms with Gasteiger partial charge in [0.1, 0.15) is 0 Å². The van der Waals surface area contributed by atoms with Gasteiger partial charge in [-0.3, -0.25) is 4.79 Å². The molecule has 2 nitrogen and oxygen atoms in total. The van der Waals surface area contributed by atoms with Crippen LogP contribution in [0.4, 0.5) is 0 Å². The molecule has 2 aromatic carbocycles. The molecule has 0 aliphatic heterocycles. The smallest absolute Gasteiger partial charge is 0.221 e. The summed E-state index contributed by atoms with van der Waals surface area (Å²) in [5.41, 5.74) is 8.21. The minimum atomic E-state index is -0.306. The van der Waals surface area contributed by atoms with E-state index in [0.29, 0.717) is 6.42 Å². The molecule has 0 bridgehead atoms. The highest BCUT2D eigenvalue weighted by atomic mass is 16.1. The summed E-state index contributed by atoms with van der Waals surface area (Å²) < 4.78 is 0. The molecule has 0 aliphatic carbocycles. The summed E-state index contributed by atoms with van der Waals surface area (Å²) in [6.45, 7) is 0. The molecule has 0 unspecified atom stereocenters. The van der Waals surface area contributed by atoms with Gasteiger partial charge in [-0.05, 0) is 22.8 Å². The van der Waals surface area contributed by atoms with Crippen LogP contribution in [0.1, 0.15) is 5.56 Å². The second-order valence-corrected chi connectivity index (χ2v) is 3.62. The molecule has 0 spiro atoms. The van der Waals surface area contributed by atoms with Crippen molar-refractivity contribution in [1.82, 2.24) is 0 Å². The van der Waals surface area contributed by atoms with E-state index in [4.69, 9.17) is 5.73 Å². The molecule has 2 rings (SSSR count). The Balaban J connectivity index is 2.23. The first-order valence-corrected chi connectivity index (χ1v) is 5.10. The zero-order valence-corrected chi connectivity index (χ0v) is 8.81. The average Bonchev–Trinajstić information content (AvgIpc) is 2.30. The monoisotopic (exact) mass is 210 g/mol. The molecule has 2 aromatic rings. The van der Waals surface area contributed by atoms with Crippen LogP contribution < -0.4 is 5.73 Å². The van der Waals surface area contributed by atoms with Crippen LogP contribution in [-0.2, 0) is 11.2 Å². The first kappa shape index (κ1) is 10.4. The lowest BCUT2D eigenvalue weighted by Gasteiger charge is -2.02. The molecule has 0 aliphatic rings. The highest BCUT2D eigenvalue weighted by molar-refractivity contribution is 5.77. The van der Waals surface area contributed by atoms with E-state index in [-0.39, 0.29) is 5.91 Å². The maximum atomic E-state index is 10.7. The van der Waals surface area contributed by atoms with E-state index in [1.165, 1.54) is 0 Å². The van der Waals surface area contributed by atoms with E-state index in [1.807, 2.05) is 48.5 Å². The summed E-state index contributed by atoms with van der Waals surface area (Å²) in [5, 5.41) is 0. The van der Waals surface area contributed by atoms with Crippen molar-refractivity contribution in [3.05, 3.63) is 60.2 Å². The molecular weight excluding hydrogens is 198 g/mol. The molecule has 0 saturated carbocycles. The van der Waals surface area contributed by atoms with Crippen molar-refractivity contribution in [3.8, 4) is 11.1 Å². The Labute approximate surface area is 94.7 Å². The summed E-state index contributed by atoms with van der Waals surface area (Å²) >= 11 is 0. The lowest BCUT2D eigenvalue weighted by Crippen LogP contribution is -2.13. The van der Waals surface area contributed by atoms with Crippen LogP contribution in [-0.4, -0.2) is 5.91 Å². The lowest BCUT2D eigenvalue weighted by molar-refractivity contribution is -0.117. The second-order valence-electron chi connectivity index (χ2n) is 3.62. The first-order valence-electron chi connectivity index (χ1n) is 5.10. The number of amides is 1. The summed E-state index contributed by atoms with van der Waals surface area (Å²) in [7, 11) is 0. The summed E-state index contributed by atoms with van der Waals surface area (Å²) in [4.78, 5) is 10.7. The van der Waals surface area contributed by atoms with Crippen molar-refractivity contribution in [2.45, 2.75) is 6.42 Å². The van der Waals surface area contributed by atoms with Crippen LogP contribution in [0.3, 0.4) is 0 Å². The Morgan fingerprint density at radius 1 is 1.12 bits per heavy atom. The summed E-state index contributed by atoms with van der Waals surface area (Å²) in [5.74, 6) is -0.306. The predicted octanol–water partition coefficient (Wildman–Crippen LogP) is 2.18. The van der Waals surface area contributed by atoms with Gasteiger partial charge in [-0.2, -0.15) is 0 Å². The van der Waals surface area contributed by atoms with Crippen LogP contribution >= 0.6 is 0 Å². The van der Waals surface area contributed by atoms with Crippen LogP contribution in [0.15, 0.2) is 48.5 Å². The van der Waals surface area contributed by atoms with E-state index in [2.05, 4.69) is 6.07 Å². The fourth-order valence-electron chi connectivity index (χ4n) is 1.58. The zero-order valence-electron chi connectivity index (χ0n) is 8.81. The average molecular weight is 210 g/mol. The van der Waals surface area contributed by atoms with E-state index in [9.17, 15) is 4.79 Å². The number of carbonyl (C=O) groups excluding carboxylic acids is 1. The highest BCUT2D eigenvalue weighted by Crippen LogP contribution is 2.18. The van der Waals surface area contributed by atoms with Gasteiger partial charge in [-0.15, -0.1) is 0 Å². The van der Waals surface area contributed by atoms with Gasteiger partial charge in [-0.25, -0.2) is 0 Å². The number of rotatable bonds is 3. The Kier molecular flexibility index (Phi) is 3.01. The molecule has 0 saturated heterocycles. The molecule has 16 heavy (non-hydrogen) atoms. The third-order valence-corrected chi connectivity index (χ3v) is 2.35. The number of hydrogen-bond donors (Lipinski definition) is 1. The Morgan fingerprint density at radius 2 is 1.88 bits per heavy atom. The van der Waals surface area contributed by atoms with Gasteiger partial charge >= 0.3 is 0 Å². The maximum absolute atomic E-state index is 10.7. The van der Waals surface area contributed by atoms with E-state index in [1.54, 1.807) is 0 Å². The third-order valence-electron chi connectivity index (χ3n) is 2.35. The maximum Gasteiger partial charge on any atom is 0.221 e. The molecule has 0 fully saturated rings. The van der Waals surface area contributed by atoms with Crippen LogP contribution in [0.2, 0.25) is 0 Å². The Bertz CT molecular complexity index is 474. The van der Waals surface area contributed by atoms with Crippen molar-refractivity contribution in [2.75, 3.05) is 0 Å². The molecule has 0 atom stereocenters. The largest absolute Gasteiger partial charge is 0.369 e. The normalized spacial score (nSPS) is 10.0. The predicted molar refractivity (Wildman–Crippen MR) is 63.6 cm³/mol. The van der Waals surface area contributed by atoms with Crippen molar-refractivity contribution in [2.24, 2.45) is 5.73 Å². The second kappa shape index (κ2) is 4.62.